The number of para-hydroxylation sites is 1. The summed E-state index contributed by atoms with van der Waals surface area (Å²) in [6, 6.07) is 8.79. The van der Waals surface area contributed by atoms with Crippen LogP contribution in [0.4, 0.5) is 0 Å². The van der Waals surface area contributed by atoms with Gasteiger partial charge in [-0.2, -0.15) is 0 Å². The molecule has 118 valence electrons. The third kappa shape index (κ3) is 3.24. The quantitative estimate of drug-likeness (QED) is 0.830. The molecule has 1 unspecified atom stereocenters. The Morgan fingerprint density at radius 3 is 2.48 bits per heavy atom. The van der Waals surface area contributed by atoms with Crippen LogP contribution in [0.1, 0.15) is 50.6 Å². The first kappa shape index (κ1) is 16.3. The van der Waals surface area contributed by atoms with E-state index in [9.17, 15) is 0 Å². The minimum Gasteiger partial charge on any atom is -0.496 e. The van der Waals surface area contributed by atoms with Crippen molar-refractivity contribution in [1.29, 1.82) is 0 Å². The molecule has 1 fully saturated rings. The first-order valence-electron chi connectivity index (χ1n) is 8.19. The zero-order valence-corrected chi connectivity index (χ0v) is 14.0. The van der Waals surface area contributed by atoms with Crippen LogP contribution in [0.3, 0.4) is 0 Å². The molecule has 1 aliphatic rings. The summed E-state index contributed by atoms with van der Waals surface area (Å²) in [6.07, 6.45) is 6.28. The highest BCUT2D eigenvalue weighted by Gasteiger charge is 2.44. The monoisotopic (exact) mass is 290 g/mol. The van der Waals surface area contributed by atoms with Crippen molar-refractivity contribution in [3.8, 4) is 5.75 Å². The van der Waals surface area contributed by atoms with Crippen LogP contribution in [-0.4, -0.2) is 38.2 Å². The lowest BCUT2D eigenvalue weighted by molar-refractivity contribution is 0.103. The van der Waals surface area contributed by atoms with Crippen molar-refractivity contribution in [2.75, 3.05) is 27.7 Å². The van der Waals surface area contributed by atoms with Gasteiger partial charge in [0.05, 0.1) is 13.2 Å². The van der Waals surface area contributed by atoms with Gasteiger partial charge in [-0.25, -0.2) is 0 Å². The van der Waals surface area contributed by atoms with Crippen LogP contribution in [0.2, 0.25) is 0 Å². The average molecular weight is 290 g/mol. The summed E-state index contributed by atoms with van der Waals surface area (Å²) in [4.78, 5) is 2.43. The smallest absolute Gasteiger partial charge is 0.123 e. The topological polar surface area (TPSA) is 24.5 Å². The zero-order valence-electron chi connectivity index (χ0n) is 14.0. The Morgan fingerprint density at radius 1 is 1.24 bits per heavy atom. The second-order valence-corrected chi connectivity index (χ2v) is 6.33. The van der Waals surface area contributed by atoms with E-state index < -0.39 is 0 Å². The lowest BCUT2D eigenvalue weighted by Crippen LogP contribution is -2.52. The molecular weight excluding hydrogens is 260 g/mol. The number of hydrogen-bond acceptors (Lipinski definition) is 3. The molecule has 1 aliphatic carbocycles. The summed E-state index contributed by atoms with van der Waals surface area (Å²) in [5.41, 5.74) is 1.49. The Labute approximate surface area is 129 Å². The summed E-state index contributed by atoms with van der Waals surface area (Å²) in [7, 11) is 6.22. The number of hydrogen-bond donors (Lipinski definition) is 1. The van der Waals surface area contributed by atoms with Crippen LogP contribution >= 0.6 is 0 Å². The second kappa shape index (κ2) is 7.28. The largest absolute Gasteiger partial charge is 0.496 e. The predicted octanol–water partition coefficient (Wildman–Crippen LogP) is 3.61. The van der Waals surface area contributed by atoms with E-state index in [1.807, 2.05) is 0 Å². The molecule has 0 amide bonds. The molecule has 0 aliphatic heterocycles. The Hall–Kier alpha value is -1.06. The Kier molecular flexibility index (Phi) is 5.65. The third-order valence-corrected chi connectivity index (χ3v) is 4.95. The van der Waals surface area contributed by atoms with Crippen LogP contribution < -0.4 is 10.1 Å². The SMILES string of the molecule is CCCNC(c1ccccc1OC)C1(N(C)C)CCCC1. The minimum atomic E-state index is 0.198. The van der Waals surface area contributed by atoms with Gasteiger partial charge >= 0.3 is 0 Å². The van der Waals surface area contributed by atoms with E-state index in [1.54, 1.807) is 7.11 Å². The molecule has 3 heteroatoms. The van der Waals surface area contributed by atoms with Crippen LogP contribution in [0.5, 0.6) is 5.75 Å². The van der Waals surface area contributed by atoms with Crippen molar-refractivity contribution in [3.63, 3.8) is 0 Å². The van der Waals surface area contributed by atoms with Crippen LogP contribution in [-0.2, 0) is 0 Å². The highest BCUT2D eigenvalue weighted by atomic mass is 16.5. The van der Waals surface area contributed by atoms with Crippen molar-refractivity contribution in [2.45, 2.75) is 50.6 Å². The van der Waals surface area contributed by atoms with Crippen molar-refractivity contribution < 1.29 is 4.74 Å². The Balaban J connectivity index is 2.41. The van der Waals surface area contributed by atoms with E-state index >= 15 is 0 Å². The van der Waals surface area contributed by atoms with E-state index in [2.05, 4.69) is 55.5 Å². The number of ether oxygens (including phenoxy) is 1. The van der Waals surface area contributed by atoms with Crippen LogP contribution in [0.25, 0.3) is 0 Å². The van der Waals surface area contributed by atoms with E-state index in [1.165, 1.54) is 31.2 Å². The molecule has 0 aromatic heterocycles. The highest BCUT2D eigenvalue weighted by Crippen LogP contribution is 2.45. The molecule has 21 heavy (non-hydrogen) atoms. The van der Waals surface area contributed by atoms with Gasteiger partial charge in [0.1, 0.15) is 5.75 Å². The van der Waals surface area contributed by atoms with Gasteiger partial charge in [0, 0.05) is 11.1 Å². The Morgan fingerprint density at radius 2 is 1.90 bits per heavy atom. The maximum Gasteiger partial charge on any atom is 0.123 e. The van der Waals surface area contributed by atoms with Crippen molar-refractivity contribution in [1.82, 2.24) is 10.2 Å². The van der Waals surface area contributed by atoms with E-state index in [0.29, 0.717) is 6.04 Å². The van der Waals surface area contributed by atoms with E-state index in [-0.39, 0.29) is 5.54 Å². The maximum atomic E-state index is 5.63. The molecular formula is C18H30N2O. The molecule has 1 aromatic carbocycles. The number of nitrogens with zero attached hydrogens (tertiary/aromatic N) is 1. The molecule has 1 atom stereocenters. The number of methoxy groups -OCH3 is 1. The van der Waals surface area contributed by atoms with Gasteiger partial charge in [0.25, 0.3) is 0 Å². The fourth-order valence-corrected chi connectivity index (χ4v) is 3.76. The zero-order chi connectivity index (χ0) is 15.3. The first-order valence-corrected chi connectivity index (χ1v) is 8.19. The van der Waals surface area contributed by atoms with Gasteiger partial charge in [-0.05, 0) is 46.0 Å². The summed E-state index contributed by atoms with van der Waals surface area (Å²) >= 11 is 0. The normalized spacial score (nSPS) is 18.9. The summed E-state index contributed by atoms with van der Waals surface area (Å²) in [5, 5.41) is 3.80. The van der Waals surface area contributed by atoms with Gasteiger partial charge in [-0.15, -0.1) is 0 Å². The molecule has 0 heterocycles. The van der Waals surface area contributed by atoms with Crippen LogP contribution in [0, 0.1) is 0 Å². The van der Waals surface area contributed by atoms with Gasteiger partial charge in [0.15, 0.2) is 0 Å². The summed E-state index contributed by atoms with van der Waals surface area (Å²) in [6.45, 7) is 3.27. The summed E-state index contributed by atoms with van der Waals surface area (Å²) in [5.74, 6) is 0.999. The number of likely N-dealkylation sites (N-methyl/N-ethyl adjacent to an activating group) is 1. The van der Waals surface area contributed by atoms with Gasteiger partial charge < -0.3 is 15.0 Å². The lowest BCUT2D eigenvalue weighted by atomic mass is 9.82. The average Bonchev–Trinajstić information content (AvgIpc) is 2.99. The van der Waals surface area contributed by atoms with Gasteiger partial charge in [0.2, 0.25) is 0 Å². The molecule has 0 saturated heterocycles. The molecule has 1 aromatic rings. The molecule has 1 saturated carbocycles. The van der Waals surface area contributed by atoms with Crippen molar-refractivity contribution >= 4 is 0 Å². The predicted molar refractivity (Wildman–Crippen MR) is 88.9 cm³/mol. The number of rotatable bonds is 7. The fourth-order valence-electron chi connectivity index (χ4n) is 3.76. The van der Waals surface area contributed by atoms with Crippen molar-refractivity contribution in [3.05, 3.63) is 29.8 Å². The molecule has 3 nitrogen and oxygen atoms in total. The van der Waals surface area contributed by atoms with Crippen LogP contribution in [0.15, 0.2) is 24.3 Å². The molecule has 0 spiro atoms. The fraction of sp³-hybridized carbons (Fsp3) is 0.667. The lowest BCUT2D eigenvalue weighted by Gasteiger charge is -2.44. The molecule has 1 N–H and O–H groups in total. The molecule has 0 radical (unpaired) electrons. The molecule has 0 bridgehead atoms. The minimum absolute atomic E-state index is 0.198. The van der Waals surface area contributed by atoms with E-state index in [4.69, 9.17) is 4.74 Å². The van der Waals surface area contributed by atoms with Crippen molar-refractivity contribution in [2.24, 2.45) is 0 Å². The number of nitrogens with one attached hydrogen (secondary N) is 1. The summed E-state index contributed by atoms with van der Waals surface area (Å²) < 4.78 is 5.63. The maximum absolute atomic E-state index is 5.63. The highest BCUT2D eigenvalue weighted by molar-refractivity contribution is 5.38. The standard InChI is InChI=1S/C18H30N2O/c1-5-14-19-17(15-10-6-7-11-16(15)21-4)18(20(2)3)12-8-9-13-18/h6-7,10-11,17,19H,5,8-9,12-14H2,1-4H3. The third-order valence-electron chi connectivity index (χ3n) is 4.95. The number of benzene rings is 1. The molecule has 2 rings (SSSR count). The van der Waals surface area contributed by atoms with Gasteiger partial charge in [-0.3, -0.25) is 0 Å². The van der Waals surface area contributed by atoms with E-state index in [0.717, 1.165) is 18.7 Å². The second-order valence-electron chi connectivity index (χ2n) is 6.33. The van der Waals surface area contributed by atoms with Gasteiger partial charge in [-0.1, -0.05) is 38.0 Å². The Bertz CT molecular complexity index is 439. The first-order chi connectivity index (χ1) is 10.2.